The smallest absolute Gasteiger partial charge is 0.128 e. The van der Waals surface area contributed by atoms with Gasteiger partial charge in [-0.1, -0.05) is 0 Å². The number of hydrogen-bond donors (Lipinski definition) is 1. The van der Waals surface area contributed by atoms with Gasteiger partial charge in [-0.15, -0.1) is 0 Å². The zero-order chi connectivity index (χ0) is 10.4. The molecule has 0 saturated heterocycles. The van der Waals surface area contributed by atoms with Gasteiger partial charge < -0.3 is 10.2 Å². The fourth-order valence-corrected chi connectivity index (χ4v) is 1.07. The largest absolute Gasteiger partial charge is 0.358 e. The molecular formula is C10H14N4. The van der Waals surface area contributed by atoms with Crippen molar-refractivity contribution in [2.75, 3.05) is 32.1 Å². The van der Waals surface area contributed by atoms with Gasteiger partial charge in [-0.05, 0) is 19.2 Å². The topological polar surface area (TPSA) is 52.0 Å². The fraction of sp³-hybridized carbons (Fsp3) is 0.400. The van der Waals surface area contributed by atoms with Crippen molar-refractivity contribution in [3.05, 3.63) is 23.9 Å². The minimum Gasteiger partial charge on any atom is -0.358 e. The first-order valence-corrected chi connectivity index (χ1v) is 4.50. The maximum absolute atomic E-state index is 8.59. The van der Waals surface area contributed by atoms with Crippen molar-refractivity contribution >= 4 is 5.82 Å². The molecule has 0 aromatic carbocycles. The van der Waals surface area contributed by atoms with E-state index in [1.165, 1.54) is 0 Å². The summed E-state index contributed by atoms with van der Waals surface area (Å²) in [7, 11) is 3.89. The van der Waals surface area contributed by atoms with Gasteiger partial charge >= 0.3 is 0 Å². The Morgan fingerprint density at radius 1 is 1.57 bits per heavy atom. The predicted octanol–water partition coefficient (Wildman–Crippen LogP) is 0.609. The van der Waals surface area contributed by atoms with Gasteiger partial charge in [0, 0.05) is 26.3 Å². The van der Waals surface area contributed by atoms with Crippen molar-refractivity contribution in [1.29, 1.82) is 5.26 Å². The SMILES string of the molecule is CNCCN(C)c1ccc(C#N)cn1. The van der Waals surface area contributed by atoms with Gasteiger partial charge in [0.05, 0.1) is 5.56 Å². The molecule has 0 spiro atoms. The van der Waals surface area contributed by atoms with Gasteiger partial charge in [0.1, 0.15) is 11.9 Å². The van der Waals surface area contributed by atoms with Crippen molar-refractivity contribution in [2.24, 2.45) is 0 Å². The molecule has 1 heterocycles. The molecule has 1 N–H and O–H groups in total. The van der Waals surface area contributed by atoms with E-state index < -0.39 is 0 Å². The first-order chi connectivity index (χ1) is 6.77. The van der Waals surface area contributed by atoms with Gasteiger partial charge in [0.25, 0.3) is 0 Å². The normalized spacial score (nSPS) is 9.50. The van der Waals surface area contributed by atoms with Gasteiger partial charge in [-0.25, -0.2) is 4.98 Å². The maximum atomic E-state index is 8.59. The van der Waals surface area contributed by atoms with Crippen molar-refractivity contribution in [3.8, 4) is 6.07 Å². The monoisotopic (exact) mass is 190 g/mol. The van der Waals surface area contributed by atoms with Crippen LogP contribution in [-0.4, -0.2) is 32.2 Å². The summed E-state index contributed by atoms with van der Waals surface area (Å²) in [5.74, 6) is 0.888. The highest BCUT2D eigenvalue weighted by Gasteiger charge is 2.00. The Morgan fingerprint density at radius 3 is 2.86 bits per heavy atom. The number of rotatable bonds is 4. The summed E-state index contributed by atoms with van der Waals surface area (Å²) in [5.41, 5.74) is 0.593. The van der Waals surface area contributed by atoms with Gasteiger partial charge in [0.2, 0.25) is 0 Å². The first kappa shape index (κ1) is 10.5. The van der Waals surface area contributed by atoms with E-state index in [0.717, 1.165) is 18.9 Å². The third-order valence-electron chi connectivity index (χ3n) is 1.97. The van der Waals surface area contributed by atoms with E-state index in [9.17, 15) is 0 Å². The third-order valence-corrected chi connectivity index (χ3v) is 1.97. The molecule has 1 rings (SSSR count). The summed E-state index contributed by atoms with van der Waals surface area (Å²) in [5, 5.41) is 11.7. The molecule has 0 aliphatic carbocycles. The van der Waals surface area contributed by atoms with E-state index in [-0.39, 0.29) is 0 Å². The molecule has 0 aliphatic heterocycles. The molecule has 0 aliphatic rings. The van der Waals surface area contributed by atoms with E-state index in [0.29, 0.717) is 5.56 Å². The Labute approximate surface area is 84.2 Å². The van der Waals surface area contributed by atoms with Crippen LogP contribution in [0.15, 0.2) is 18.3 Å². The Hall–Kier alpha value is -1.60. The minimum atomic E-state index is 0.593. The molecule has 0 amide bonds. The molecule has 4 nitrogen and oxygen atoms in total. The lowest BCUT2D eigenvalue weighted by Crippen LogP contribution is -2.27. The number of likely N-dealkylation sites (N-methyl/N-ethyl adjacent to an activating group) is 2. The van der Waals surface area contributed by atoms with Crippen LogP contribution in [0.25, 0.3) is 0 Å². The average Bonchev–Trinajstić information content (AvgIpc) is 2.26. The van der Waals surface area contributed by atoms with Crippen LogP contribution in [0.1, 0.15) is 5.56 Å². The molecular weight excluding hydrogens is 176 g/mol. The molecule has 1 aromatic heterocycles. The van der Waals surface area contributed by atoms with Crippen LogP contribution >= 0.6 is 0 Å². The number of nitriles is 1. The highest BCUT2D eigenvalue weighted by Crippen LogP contribution is 2.07. The minimum absolute atomic E-state index is 0.593. The van der Waals surface area contributed by atoms with Crippen LogP contribution in [0, 0.1) is 11.3 Å². The van der Waals surface area contributed by atoms with Crippen LogP contribution in [-0.2, 0) is 0 Å². The van der Waals surface area contributed by atoms with Gasteiger partial charge in [0.15, 0.2) is 0 Å². The number of nitrogens with one attached hydrogen (secondary N) is 1. The second-order valence-corrected chi connectivity index (χ2v) is 3.04. The molecule has 0 fully saturated rings. The van der Waals surface area contributed by atoms with Crippen LogP contribution in [0.3, 0.4) is 0 Å². The molecule has 14 heavy (non-hydrogen) atoms. The molecule has 0 bridgehead atoms. The standard InChI is InChI=1S/C10H14N4/c1-12-5-6-14(2)10-4-3-9(7-11)8-13-10/h3-4,8,12H,5-6H2,1-2H3. The van der Waals surface area contributed by atoms with Crippen LogP contribution in [0.4, 0.5) is 5.82 Å². The molecule has 74 valence electrons. The van der Waals surface area contributed by atoms with Crippen molar-refractivity contribution in [3.63, 3.8) is 0 Å². The molecule has 0 unspecified atom stereocenters. The summed E-state index contributed by atoms with van der Waals surface area (Å²) < 4.78 is 0. The summed E-state index contributed by atoms with van der Waals surface area (Å²) in [6, 6.07) is 5.67. The lowest BCUT2D eigenvalue weighted by Gasteiger charge is -2.17. The number of aromatic nitrogens is 1. The van der Waals surface area contributed by atoms with E-state index in [2.05, 4.69) is 10.3 Å². The number of nitrogens with zero attached hydrogens (tertiary/aromatic N) is 3. The van der Waals surface area contributed by atoms with Crippen molar-refractivity contribution < 1.29 is 0 Å². The fourth-order valence-electron chi connectivity index (χ4n) is 1.07. The number of pyridine rings is 1. The predicted molar refractivity (Wildman–Crippen MR) is 56.1 cm³/mol. The molecule has 0 radical (unpaired) electrons. The molecule has 0 atom stereocenters. The van der Waals surface area contributed by atoms with E-state index >= 15 is 0 Å². The summed E-state index contributed by atoms with van der Waals surface area (Å²) in [6.45, 7) is 1.81. The zero-order valence-corrected chi connectivity index (χ0v) is 8.49. The number of hydrogen-bond acceptors (Lipinski definition) is 4. The highest BCUT2D eigenvalue weighted by atomic mass is 15.2. The highest BCUT2D eigenvalue weighted by molar-refractivity contribution is 5.40. The van der Waals surface area contributed by atoms with E-state index in [4.69, 9.17) is 5.26 Å². The third kappa shape index (κ3) is 2.71. The molecule has 0 saturated carbocycles. The number of anilines is 1. The summed E-state index contributed by atoms with van der Waals surface area (Å²) in [6.07, 6.45) is 1.59. The summed E-state index contributed by atoms with van der Waals surface area (Å²) >= 11 is 0. The first-order valence-electron chi connectivity index (χ1n) is 4.50. The second-order valence-electron chi connectivity index (χ2n) is 3.04. The maximum Gasteiger partial charge on any atom is 0.128 e. The zero-order valence-electron chi connectivity index (χ0n) is 8.49. The molecule has 1 aromatic rings. The van der Waals surface area contributed by atoms with Crippen molar-refractivity contribution in [2.45, 2.75) is 0 Å². The Balaban J connectivity index is 2.63. The van der Waals surface area contributed by atoms with Gasteiger partial charge in [-0.3, -0.25) is 0 Å². The van der Waals surface area contributed by atoms with Crippen LogP contribution < -0.4 is 10.2 Å². The second kappa shape index (κ2) is 5.20. The van der Waals surface area contributed by atoms with Crippen molar-refractivity contribution in [1.82, 2.24) is 10.3 Å². The van der Waals surface area contributed by atoms with Gasteiger partial charge in [-0.2, -0.15) is 5.26 Å². The Bertz CT molecular complexity index is 312. The quantitative estimate of drug-likeness (QED) is 0.755. The molecule has 4 heteroatoms. The lowest BCUT2D eigenvalue weighted by molar-refractivity contribution is 0.761. The Morgan fingerprint density at radius 2 is 2.36 bits per heavy atom. The Kier molecular flexibility index (Phi) is 3.89. The van der Waals surface area contributed by atoms with Crippen LogP contribution in [0.5, 0.6) is 0 Å². The summed E-state index contributed by atoms with van der Waals surface area (Å²) in [4.78, 5) is 6.22. The van der Waals surface area contributed by atoms with Crippen LogP contribution in [0.2, 0.25) is 0 Å². The van der Waals surface area contributed by atoms with E-state index in [1.54, 1.807) is 12.3 Å². The van der Waals surface area contributed by atoms with E-state index in [1.807, 2.05) is 31.1 Å². The average molecular weight is 190 g/mol. The lowest BCUT2D eigenvalue weighted by atomic mass is 10.3.